The number of hydrogen-bond acceptors (Lipinski definition) is 5. The second-order valence-electron chi connectivity index (χ2n) is 4.64. The van der Waals surface area contributed by atoms with Crippen molar-refractivity contribution < 1.29 is 4.79 Å². The average Bonchev–Trinajstić information content (AvgIpc) is 3.01. The first kappa shape index (κ1) is 14.7. The minimum Gasteiger partial charge on any atom is -0.340 e. The van der Waals surface area contributed by atoms with Crippen LogP contribution < -0.4 is 5.32 Å². The minimum atomic E-state index is -0.414. The Morgan fingerprint density at radius 3 is 2.76 bits per heavy atom. The molecule has 21 heavy (non-hydrogen) atoms. The van der Waals surface area contributed by atoms with Gasteiger partial charge in [0.05, 0.1) is 18.2 Å². The molecule has 1 atom stereocenters. The molecule has 0 aliphatic carbocycles. The van der Waals surface area contributed by atoms with Crippen LogP contribution in [0.5, 0.6) is 0 Å². The van der Waals surface area contributed by atoms with Crippen LogP contribution in [0.25, 0.3) is 5.69 Å². The van der Waals surface area contributed by atoms with Crippen LogP contribution in [0.2, 0.25) is 0 Å². The smallest absolute Gasteiger partial charge is 0.225 e. The molecule has 0 saturated carbocycles. The van der Waals surface area contributed by atoms with E-state index in [9.17, 15) is 4.79 Å². The summed E-state index contributed by atoms with van der Waals surface area (Å²) in [4.78, 5) is 11.9. The second-order valence-corrected chi connectivity index (χ2v) is 4.64. The van der Waals surface area contributed by atoms with Gasteiger partial charge in [0.2, 0.25) is 5.91 Å². The van der Waals surface area contributed by atoms with Crippen molar-refractivity contribution in [2.24, 2.45) is 0 Å². The highest BCUT2D eigenvalue weighted by Gasteiger charge is 2.10. The monoisotopic (exact) mass is 284 g/mol. The third-order valence-electron chi connectivity index (χ3n) is 2.98. The summed E-state index contributed by atoms with van der Waals surface area (Å²) >= 11 is 0. The molecule has 0 aliphatic heterocycles. The van der Waals surface area contributed by atoms with Gasteiger partial charge in [-0.25, -0.2) is 4.68 Å². The molecule has 1 aromatic carbocycles. The van der Waals surface area contributed by atoms with Gasteiger partial charge in [0.25, 0.3) is 0 Å². The fraction of sp³-hybridized carbons (Fsp3) is 0.357. The molecule has 1 amide bonds. The molecule has 2 rings (SSSR count). The van der Waals surface area contributed by atoms with E-state index in [0.29, 0.717) is 6.42 Å². The van der Waals surface area contributed by atoms with E-state index < -0.39 is 6.04 Å². The molecule has 7 nitrogen and oxygen atoms in total. The van der Waals surface area contributed by atoms with Crippen molar-refractivity contribution in [1.29, 1.82) is 5.26 Å². The van der Waals surface area contributed by atoms with Crippen LogP contribution in [-0.4, -0.2) is 32.2 Å². The zero-order valence-electron chi connectivity index (χ0n) is 11.7. The van der Waals surface area contributed by atoms with E-state index in [1.807, 2.05) is 31.2 Å². The van der Waals surface area contributed by atoms with Gasteiger partial charge in [-0.2, -0.15) is 5.26 Å². The predicted molar refractivity (Wildman–Crippen MR) is 75.3 cm³/mol. The number of nitriles is 1. The number of rotatable bonds is 6. The number of tetrazole rings is 1. The molecule has 108 valence electrons. The van der Waals surface area contributed by atoms with Crippen LogP contribution in [0.4, 0.5) is 0 Å². The molecule has 0 spiro atoms. The maximum atomic E-state index is 11.9. The van der Waals surface area contributed by atoms with Crippen LogP contribution in [0.1, 0.15) is 25.3 Å². The summed E-state index contributed by atoms with van der Waals surface area (Å²) in [6, 6.07) is 9.05. The van der Waals surface area contributed by atoms with Crippen molar-refractivity contribution in [2.45, 2.75) is 32.2 Å². The number of nitrogens with zero attached hydrogens (tertiary/aromatic N) is 5. The highest BCUT2D eigenvalue weighted by molar-refractivity contribution is 5.79. The molecule has 0 fully saturated rings. The lowest BCUT2D eigenvalue weighted by Crippen LogP contribution is -2.34. The van der Waals surface area contributed by atoms with Crippen LogP contribution in [0.3, 0.4) is 0 Å². The number of carbonyl (C=O) groups is 1. The third-order valence-corrected chi connectivity index (χ3v) is 2.98. The number of nitrogens with one attached hydrogen (secondary N) is 1. The summed E-state index contributed by atoms with van der Waals surface area (Å²) in [5.74, 6) is -0.148. The zero-order chi connectivity index (χ0) is 15.1. The van der Waals surface area contributed by atoms with Crippen LogP contribution in [0.15, 0.2) is 30.6 Å². The Labute approximate surface area is 122 Å². The van der Waals surface area contributed by atoms with Gasteiger partial charge in [0, 0.05) is 0 Å². The maximum Gasteiger partial charge on any atom is 0.225 e. The van der Waals surface area contributed by atoms with Crippen molar-refractivity contribution in [2.75, 3.05) is 0 Å². The SMILES string of the molecule is CCCC(C#N)NC(=O)Cc1ccc(-n2cnnn2)cc1. The molecule has 1 N–H and O–H groups in total. The highest BCUT2D eigenvalue weighted by atomic mass is 16.1. The lowest BCUT2D eigenvalue weighted by atomic mass is 10.1. The van der Waals surface area contributed by atoms with Gasteiger partial charge in [0.15, 0.2) is 0 Å². The lowest BCUT2D eigenvalue weighted by Gasteiger charge is -2.10. The fourth-order valence-electron chi connectivity index (χ4n) is 1.93. The Morgan fingerprint density at radius 2 is 2.19 bits per heavy atom. The first-order chi connectivity index (χ1) is 10.2. The maximum absolute atomic E-state index is 11.9. The van der Waals surface area contributed by atoms with Crippen molar-refractivity contribution in [3.63, 3.8) is 0 Å². The Kier molecular flexibility index (Phi) is 4.99. The number of amides is 1. The van der Waals surface area contributed by atoms with E-state index in [-0.39, 0.29) is 12.3 Å². The first-order valence-electron chi connectivity index (χ1n) is 6.74. The predicted octanol–water partition coefficient (Wildman–Crippen LogP) is 1.01. The minimum absolute atomic E-state index is 0.148. The highest BCUT2D eigenvalue weighted by Crippen LogP contribution is 2.08. The van der Waals surface area contributed by atoms with Gasteiger partial charge >= 0.3 is 0 Å². The Bertz CT molecular complexity index is 614. The largest absolute Gasteiger partial charge is 0.340 e. The van der Waals surface area contributed by atoms with Crippen LogP contribution in [0, 0.1) is 11.3 Å². The molecule has 2 aromatic rings. The molecular weight excluding hydrogens is 268 g/mol. The van der Waals surface area contributed by atoms with Crippen molar-refractivity contribution in [3.05, 3.63) is 36.2 Å². The summed E-state index contributed by atoms with van der Waals surface area (Å²) in [7, 11) is 0. The summed E-state index contributed by atoms with van der Waals surface area (Å²) in [5.41, 5.74) is 1.70. The number of carbonyl (C=O) groups excluding carboxylic acids is 1. The molecule has 0 bridgehead atoms. The first-order valence-corrected chi connectivity index (χ1v) is 6.74. The average molecular weight is 284 g/mol. The molecule has 0 saturated heterocycles. The summed E-state index contributed by atoms with van der Waals surface area (Å²) < 4.78 is 1.54. The third kappa shape index (κ3) is 4.11. The van der Waals surface area contributed by atoms with E-state index in [4.69, 9.17) is 5.26 Å². The lowest BCUT2D eigenvalue weighted by molar-refractivity contribution is -0.120. The van der Waals surface area contributed by atoms with E-state index in [2.05, 4.69) is 26.9 Å². The Morgan fingerprint density at radius 1 is 1.43 bits per heavy atom. The summed E-state index contributed by atoms with van der Waals surface area (Å²) in [6.07, 6.45) is 3.28. The van der Waals surface area contributed by atoms with Gasteiger partial charge < -0.3 is 5.32 Å². The molecule has 0 radical (unpaired) electrons. The van der Waals surface area contributed by atoms with Crippen molar-refractivity contribution >= 4 is 5.91 Å². The van der Waals surface area contributed by atoms with Gasteiger partial charge in [0.1, 0.15) is 12.4 Å². The molecule has 0 aliphatic rings. The van der Waals surface area contributed by atoms with Gasteiger partial charge in [-0.1, -0.05) is 25.5 Å². The van der Waals surface area contributed by atoms with Crippen molar-refractivity contribution in [1.82, 2.24) is 25.5 Å². The summed E-state index contributed by atoms with van der Waals surface area (Å²) in [5, 5.41) is 22.6. The number of hydrogen-bond donors (Lipinski definition) is 1. The summed E-state index contributed by atoms with van der Waals surface area (Å²) in [6.45, 7) is 1.98. The fourth-order valence-corrected chi connectivity index (χ4v) is 1.93. The molecule has 1 aromatic heterocycles. The van der Waals surface area contributed by atoms with Gasteiger partial charge in [-0.15, -0.1) is 5.10 Å². The Hall–Kier alpha value is -2.75. The van der Waals surface area contributed by atoms with Crippen LogP contribution in [-0.2, 0) is 11.2 Å². The number of aromatic nitrogens is 4. The normalized spacial score (nSPS) is 11.6. The molecular formula is C14H16N6O. The molecule has 1 heterocycles. The van der Waals surface area contributed by atoms with E-state index in [0.717, 1.165) is 17.7 Å². The second kappa shape index (κ2) is 7.14. The quantitative estimate of drug-likeness (QED) is 0.854. The molecule has 7 heteroatoms. The van der Waals surface area contributed by atoms with Gasteiger partial charge in [-0.3, -0.25) is 4.79 Å². The zero-order valence-corrected chi connectivity index (χ0v) is 11.7. The molecule has 1 unspecified atom stereocenters. The van der Waals surface area contributed by atoms with E-state index in [1.165, 1.54) is 11.0 Å². The van der Waals surface area contributed by atoms with E-state index in [1.54, 1.807) is 0 Å². The number of benzene rings is 1. The van der Waals surface area contributed by atoms with Crippen LogP contribution >= 0.6 is 0 Å². The van der Waals surface area contributed by atoms with E-state index >= 15 is 0 Å². The topological polar surface area (TPSA) is 96.5 Å². The Balaban J connectivity index is 1.94. The van der Waals surface area contributed by atoms with Gasteiger partial charge in [-0.05, 0) is 34.5 Å². The van der Waals surface area contributed by atoms with Crippen molar-refractivity contribution in [3.8, 4) is 11.8 Å². The standard InChI is InChI=1S/C14H16N6O/c1-2-3-12(9-15)17-14(21)8-11-4-6-13(7-5-11)20-10-16-18-19-20/h4-7,10,12H,2-3,8H2,1H3,(H,17,21).